The highest BCUT2D eigenvalue weighted by Crippen LogP contribution is 2.40. The maximum absolute atomic E-state index is 15.5. The molecule has 1 aromatic carbocycles. The van der Waals surface area contributed by atoms with Gasteiger partial charge < -0.3 is 10.1 Å². The fraction of sp³-hybridized carbons (Fsp3) is 0.621. The van der Waals surface area contributed by atoms with Crippen molar-refractivity contribution in [2.75, 3.05) is 6.54 Å². The summed E-state index contributed by atoms with van der Waals surface area (Å²) >= 11 is 1.75. The van der Waals surface area contributed by atoms with E-state index in [9.17, 15) is 4.79 Å². The SMILES string of the molecule is CC.C[C@H]1CCC(C2=CCCC=C2)SN1Cc1cc(F)c(C(CC(C)(C)C)C2CNC(=O)O2)cc1F. The van der Waals surface area contributed by atoms with Gasteiger partial charge in [0.1, 0.15) is 17.7 Å². The van der Waals surface area contributed by atoms with Crippen molar-refractivity contribution >= 4 is 18.0 Å². The van der Waals surface area contributed by atoms with Gasteiger partial charge in [-0.2, -0.15) is 0 Å². The van der Waals surface area contributed by atoms with Gasteiger partial charge in [0.2, 0.25) is 0 Å². The van der Waals surface area contributed by atoms with E-state index in [4.69, 9.17) is 4.74 Å². The van der Waals surface area contributed by atoms with Gasteiger partial charge in [-0.1, -0.05) is 64.8 Å². The number of amides is 1. The lowest BCUT2D eigenvalue weighted by Crippen LogP contribution is -2.35. The van der Waals surface area contributed by atoms with Crippen molar-refractivity contribution in [2.45, 2.75) is 104 Å². The third kappa shape index (κ3) is 7.34. The molecule has 200 valence electrons. The lowest BCUT2D eigenvalue weighted by atomic mass is 9.78. The fourth-order valence-electron chi connectivity index (χ4n) is 5.06. The highest BCUT2D eigenvalue weighted by atomic mass is 32.2. The number of nitrogens with one attached hydrogen (secondary N) is 1. The lowest BCUT2D eigenvalue weighted by Gasteiger charge is -2.38. The number of ether oxygens (including phenoxy) is 1. The first kappa shape index (κ1) is 28.7. The first-order chi connectivity index (χ1) is 17.1. The van der Waals surface area contributed by atoms with Crippen molar-refractivity contribution in [3.05, 3.63) is 58.7 Å². The molecule has 1 amide bonds. The largest absolute Gasteiger partial charge is 0.444 e. The van der Waals surface area contributed by atoms with Crippen LogP contribution in [0.25, 0.3) is 0 Å². The number of halogens is 2. The van der Waals surface area contributed by atoms with Gasteiger partial charge in [0.15, 0.2) is 0 Å². The molecule has 0 aromatic heterocycles. The zero-order chi connectivity index (χ0) is 26.5. The van der Waals surface area contributed by atoms with Gasteiger partial charge in [-0.05, 0) is 67.7 Å². The molecule has 3 unspecified atom stereocenters. The molecular weight excluding hydrogens is 478 g/mol. The van der Waals surface area contributed by atoms with E-state index in [0.29, 0.717) is 30.3 Å². The number of hydrogen-bond donors (Lipinski definition) is 1. The van der Waals surface area contributed by atoms with Crippen LogP contribution in [0.1, 0.15) is 90.7 Å². The van der Waals surface area contributed by atoms with Gasteiger partial charge in [0, 0.05) is 29.3 Å². The Morgan fingerprint density at radius 1 is 1.17 bits per heavy atom. The molecule has 7 heteroatoms. The fourth-order valence-corrected chi connectivity index (χ4v) is 6.45. The molecule has 1 N–H and O–H groups in total. The molecule has 4 atom stereocenters. The minimum absolute atomic E-state index is 0.140. The van der Waals surface area contributed by atoms with Crippen LogP contribution in [-0.2, 0) is 11.3 Å². The van der Waals surface area contributed by atoms with Crippen LogP contribution in [-0.4, -0.2) is 34.3 Å². The third-order valence-electron chi connectivity index (χ3n) is 6.87. The third-order valence-corrected chi connectivity index (χ3v) is 8.40. The van der Waals surface area contributed by atoms with Crippen LogP contribution in [0.4, 0.5) is 13.6 Å². The van der Waals surface area contributed by atoms with E-state index in [0.717, 1.165) is 25.7 Å². The summed E-state index contributed by atoms with van der Waals surface area (Å²) in [5, 5.41) is 3.01. The number of allylic oxidation sites excluding steroid dienone is 3. The Kier molecular flexibility index (Phi) is 10.0. The molecule has 1 aliphatic carbocycles. The highest BCUT2D eigenvalue weighted by molar-refractivity contribution is 7.97. The Hall–Kier alpha value is -1.86. The van der Waals surface area contributed by atoms with Crippen molar-refractivity contribution in [1.29, 1.82) is 0 Å². The number of rotatable bonds is 6. The van der Waals surface area contributed by atoms with E-state index in [-0.39, 0.29) is 17.0 Å². The van der Waals surface area contributed by atoms with Crippen LogP contribution in [0.15, 0.2) is 35.9 Å². The Labute approximate surface area is 220 Å². The quantitative estimate of drug-likeness (QED) is 0.387. The minimum Gasteiger partial charge on any atom is -0.444 e. The molecule has 2 aliphatic heterocycles. The van der Waals surface area contributed by atoms with Crippen LogP contribution in [0.2, 0.25) is 0 Å². The number of carbonyl (C=O) groups is 1. The first-order valence-corrected chi connectivity index (χ1v) is 14.2. The van der Waals surface area contributed by atoms with Crippen LogP contribution in [0.5, 0.6) is 0 Å². The molecule has 0 radical (unpaired) electrons. The molecule has 2 fully saturated rings. The summed E-state index contributed by atoms with van der Waals surface area (Å²) in [5.41, 5.74) is 1.86. The summed E-state index contributed by atoms with van der Waals surface area (Å²) in [6, 6.07) is 2.96. The maximum atomic E-state index is 15.5. The maximum Gasteiger partial charge on any atom is 0.407 e. The minimum atomic E-state index is -0.512. The van der Waals surface area contributed by atoms with Crippen molar-refractivity contribution in [3.63, 3.8) is 0 Å². The van der Waals surface area contributed by atoms with E-state index in [1.54, 1.807) is 11.9 Å². The van der Waals surface area contributed by atoms with E-state index < -0.39 is 29.7 Å². The molecule has 1 aromatic rings. The molecular formula is C29H42F2N2O2S. The van der Waals surface area contributed by atoms with E-state index in [1.807, 2.05) is 13.8 Å². The number of nitrogens with zero attached hydrogens (tertiary/aromatic N) is 1. The van der Waals surface area contributed by atoms with Crippen molar-refractivity contribution in [1.82, 2.24) is 9.62 Å². The molecule has 4 nitrogen and oxygen atoms in total. The molecule has 2 saturated heterocycles. The van der Waals surface area contributed by atoms with Gasteiger partial charge in [0.05, 0.1) is 6.54 Å². The van der Waals surface area contributed by atoms with Gasteiger partial charge in [-0.25, -0.2) is 17.9 Å². The van der Waals surface area contributed by atoms with Crippen LogP contribution in [0, 0.1) is 17.0 Å². The van der Waals surface area contributed by atoms with E-state index >= 15 is 8.78 Å². The number of carbonyl (C=O) groups excluding carboxylic acids is 1. The van der Waals surface area contributed by atoms with Crippen molar-refractivity contribution in [3.8, 4) is 0 Å². The smallest absolute Gasteiger partial charge is 0.407 e. The van der Waals surface area contributed by atoms with Crippen LogP contribution in [0.3, 0.4) is 0 Å². The molecule has 0 saturated carbocycles. The molecule has 0 spiro atoms. The summed E-state index contributed by atoms with van der Waals surface area (Å²) in [4.78, 5) is 11.6. The van der Waals surface area contributed by atoms with Crippen molar-refractivity contribution in [2.24, 2.45) is 5.41 Å². The van der Waals surface area contributed by atoms with Crippen LogP contribution < -0.4 is 5.32 Å². The van der Waals surface area contributed by atoms with E-state index in [2.05, 4.69) is 55.5 Å². The molecule has 2 heterocycles. The molecule has 0 bridgehead atoms. The molecule has 4 rings (SSSR count). The van der Waals surface area contributed by atoms with Gasteiger partial charge >= 0.3 is 6.09 Å². The Bertz CT molecular complexity index is 973. The van der Waals surface area contributed by atoms with Crippen molar-refractivity contribution < 1.29 is 18.3 Å². The number of hydrogen-bond acceptors (Lipinski definition) is 4. The Morgan fingerprint density at radius 2 is 1.92 bits per heavy atom. The Morgan fingerprint density at radius 3 is 2.53 bits per heavy atom. The van der Waals surface area contributed by atoms with Gasteiger partial charge in [-0.15, -0.1) is 0 Å². The molecule has 36 heavy (non-hydrogen) atoms. The average Bonchev–Trinajstić information content (AvgIpc) is 3.28. The predicted octanol–water partition coefficient (Wildman–Crippen LogP) is 7.90. The summed E-state index contributed by atoms with van der Waals surface area (Å²) in [5.74, 6) is -1.25. The monoisotopic (exact) mass is 520 g/mol. The number of alkyl carbamates (subject to hydrolysis) is 1. The first-order valence-electron chi connectivity index (χ1n) is 13.3. The number of cyclic esters (lactones) is 1. The van der Waals surface area contributed by atoms with E-state index in [1.165, 1.54) is 17.7 Å². The summed E-state index contributed by atoms with van der Waals surface area (Å²) in [6.07, 6.45) is 10.6. The Balaban J connectivity index is 0.00000176. The van der Waals surface area contributed by atoms with Gasteiger partial charge in [-0.3, -0.25) is 0 Å². The standard InChI is InChI=1S/C27H36F2N2O2S.C2H6/c1-17-10-11-25(18-8-6-5-7-9-18)34-31(17)16-19-12-23(29)20(13-22(19)28)21(14-27(2,3)4)24-15-30-26(32)33-24;1-2/h6,8-9,12-13,17,21,24-25H,5,7,10-11,14-16H2,1-4H3,(H,30,32);1-2H3/t17-,21?,24?,25?;/m0./s1. The normalized spacial score (nSPS) is 25.4. The average molecular weight is 521 g/mol. The number of benzene rings is 1. The van der Waals surface area contributed by atoms with Gasteiger partial charge in [0.25, 0.3) is 0 Å². The lowest BCUT2D eigenvalue weighted by molar-refractivity contribution is 0.111. The summed E-state index contributed by atoms with van der Waals surface area (Å²) in [7, 11) is 0. The molecule has 3 aliphatic rings. The summed E-state index contributed by atoms with van der Waals surface area (Å²) in [6.45, 7) is 13.0. The second-order valence-electron chi connectivity index (χ2n) is 10.9. The van der Waals surface area contributed by atoms with Crippen LogP contribution >= 0.6 is 11.9 Å². The topological polar surface area (TPSA) is 41.6 Å². The zero-order valence-electron chi connectivity index (χ0n) is 22.6. The second-order valence-corrected chi connectivity index (χ2v) is 12.2. The highest BCUT2D eigenvalue weighted by Gasteiger charge is 2.37. The predicted molar refractivity (Wildman–Crippen MR) is 145 cm³/mol. The summed E-state index contributed by atoms with van der Waals surface area (Å²) < 4.78 is 38.4. The second kappa shape index (κ2) is 12.6. The zero-order valence-corrected chi connectivity index (χ0v) is 23.4.